The quantitative estimate of drug-likeness (QED) is 0.419. The van der Waals surface area contributed by atoms with Crippen LogP contribution < -0.4 is 14.8 Å². The second kappa shape index (κ2) is 8.89. The van der Waals surface area contributed by atoms with Gasteiger partial charge in [-0.15, -0.1) is 0 Å². The zero-order chi connectivity index (χ0) is 22.7. The third kappa shape index (κ3) is 4.16. The molecule has 1 heterocycles. The molecule has 0 atom stereocenters. The highest BCUT2D eigenvalue weighted by Crippen LogP contribution is 2.33. The first-order valence-corrected chi connectivity index (χ1v) is 10.0. The number of carbonyl (C=O) groups is 2. The molecule has 0 unspecified atom stereocenters. The number of anilines is 1. The van der Waals surface area contributed by atoms with Crippen molar-refractivity contribution >= 4 is 28.3 Å². The number of hydrogen-bond acceptors (Lipinski definition) is 5. The minimum absolute atomic E-state index is 0.0637. The van der Waals surface area contributed by atoms with Crippen molar-refractivity contribution in [3.05, 3.63) is 83.9 Å². The van der Waals surface area contributed by atoms with Crippen molar-refractivity contribution in [3.8, 4) is 22.8 Å². The number of fused-ring (bicyclic) bond motifs is 1. The van der Waals surface area contributed by atoms with Crippen LogP contribution >= 0.6 is 0 Å². The summed E-state index contributed by atoms with van der Waals surface area (Å²) in [6.45, 7) is 1.49. The van der Waals surface area contributed by atoms with Gasteiger partial charge in [-0.05, 0) is 49.4 Å². The third-order valence-electron chi connectivity index (χ3n) is 5.17. The summed E-state index contributed by atoms with van der Waals surface area (Å²) in [6.07, 6.45) is 0. The lowest BCUT2D eigenvalue weighted by Crippen LogP contribution is -2.13. The lowest BCUT2D eigenvalue weighted by atomic mass is 10.0. The number of Topliss-reactive ketones (excluding diaryl/α,β-unsaturated/α-hetero) is 1. The van der Waals surface area contributed by atoms with E-state index in [9.17, 15) is 9.59 Å². The van der Waals surface area contributed by atoms with Crippen LogP contribution in [0.3, 0.4) is 0 Å². The summed E-state index contributed by atoms with van der Waals surface area (Å²) >= 11 is 0. The van der Waals surface area contributed by atoms with Crippen molar-refractivity contribution in [3.63, 3.8) is 0 Å². The zero-order valence-corrected chi connectivity index (χ0v) is 18.0. The first-order chi connectivity index (χ1) is 15.5. The molecule has 4 aromatic rings. The molecule has 32 heavy (non-hydrogen) atoms. The van der Waals surface area contributed by atoms with Crippen LogP contribution in [-0.2, 0) is 0 Å². The number of rotatable bonds is 6. The van der Waals surface area contributed by atoms with Crippen molar-refractivity contribution in [2.24, 2.45) is 0 Å². The average molecular weight is 426 g/mol. The molecule has 3 aromatic carbocycles. The van der Waals surface area contributed by atoms with E-state index >= 15 is 0 Å². The van der Waals surface area contributed by atoms with Gasteiger partial charge in [0.1, 0.15) is 0 Å². The number of para-hydroxylation sites is 1. The lowest BCUT2D eigenvalue weighted by molar-refractivity contribution is 0.101. The van der Waals surface area contributed by atoms with Gasteiger partial charge in [-0.3, -0.25) is 9.59 Å². The maximum atomic E-state index is 13.2. The van der Waals surface area contributed by atoms with Gasteiger partial charge in [0, 0.05) is 22.2 Å². The van der Waals surface area contributed by atoms with Gasteiger partial charge in [-0.1, -0.05) is 30.3 Å². The van der Waals surface area contributed by atoms with Gasteiger partial charge in [0.05, 0.1) is 31.0 Å². The van der Waals surface area contributed by atoms with Gasteiger partial charge in [-0.2, -0.15) is 0 Å². The van der Waals surface area contributed by atoms with Crippen molar-refractivity contribution < 1.29 is 19.1 Å². The molecule has 0 fully saturated rings. The van der Waals surface area contributed by atoms with Crippen molar-refractivity contribution in [1.29, 1.82) is 0 Å². The van der Waals surface area contributed by atoms with E-state index in [4.69, 9.17) is 14.5 Å². The number of ether oxygens (including phenoxy) is 2. The Morgan fingerprint density at radius 2 is 1.62 bits per heavy atom. The Morgan fingerprint density at radius 1 is 0.844 bits per heavy atom. The number of aromatic nitrogens is 1. The van der Waals surface area contributed by atoms with E-state index in [2.05, 4.69) is 5.32 Å². The van der Waals surface area contributed by atoms with E-state index in [0.717, 1.165) is 10.9 Å². The van der Waals surface area contributed by atoms with Crippen LogP contribution in [0.5, 0.6) is 11.5 Å². The molecule has 160 valence electrons. The van der Waals surface area contributed by atoms with Gasteiger partial charge < -0.3 is 14.8 Å². The summed E-state index contributed by atoms with van der Waals surface area (Å²) in [6, 6.07) is 21.6. The Morgan fingerprint density at radius 3 is 2.38 bits per heavy atom. The predicted octanol–water partition coefficient (Wildman–Crippen LogP) is 5.37. The van der Waals surface area contributed by atoms with Crippen LogP contribution in [0.4, 0.5) is 5.69 Å². The molecule has 1 amide bonds. The molecule has 0 bridgehead atoms. The fraction of sp³-hybridized carbons (Fsp3) is 0.115. The highest BCUT2D eigenvalue weighted by molar-refractivity contribution is 6.13. The standard InChI is InChI=1S/C26H22N2O4/c1-16(29)17-7-6-8-19(13-17)27-26(30)21-15-23(28-22-10-5-4-9-20(21)22)18-11-12-24(31-2)25(14-18)32-3/h4-15H,1-3H3,(H,27,30). The van der Waals surface area contributed by atoms with Crippen LogP contribution in [-0.4, -0.2) is 30.9 Å². The molecule has 0 radical (unpaired) electrons. The van der Waals surface area contributed by atoms with Crippen molar-refractivity contribution in [2.75, 3.05) is 19.5 Å². The number of ketones is 1. The molecule has 0 saturated carbocycles. The Kier molecular flexibility index (Phi) is 5.85. The maximum absolute atomic E-state index is 13.2. The fourth-order valence-electron chi connectivity index (χ4n) is 3.52. The monoisotopic (exact) mass is 426 g/mol. The van der Waals surface area contributed by atoms with E-state index in [-0.39, 0.29) is 11.7 Å². The van der Waals surface area contributed by atoms with E-state index in [1.54, 1.807) is 50.6 Å². The summed E-state index contributed by atoms with van der Waals surface area (Å²) in [7, 11) is 3.15. The summed E-state index contributed by atoms with van der Waals surface area (Å²) in [5.74, 6) is 0.838. The third-order valence-corrected chi connectivity index (χ3v) is 5.17. The number of methoxy groups -OCH3 is 2. The molecule has 1 N–H and O–H groups in total. The minimum atomic E-state index is -0.286. The Bertz CT molecular complexity index is 1330. The normalized spacial score (nSPS) is 10.6. The fourth-order valence-corrected chi connectivity index (χ4v) is 3.52. The van der Waals surface area contributed by atoms with E-state index in [0.29, 0.717) is 39.5 Å². The van der Waals surface area contributed by atoms with Crippen LogP contribution in [0, 0.1) is 0 Å². The minimum Gasteiger partial charge on any atom is -0.493 e. The smallest absolute Gasteiger partial charge is 0.256 e. The Balaban J connectivity index is 1.78. The molecule has 0 spiro atoms. The highest BCUT2D eigenvalue weighted by atomic mass is 16.5. The number of benzene rings is 3. The largest absolute Gasteiger partial charge is 0.493 e. The molecule has 6 nitrogen and oxygen atoms in total. The van der Waals surface area contributed by atoms with E-state index in [1.165, 1.54) is 6.92 Å². The number of amides is 1. The molecule has 0 aliphatic heterocycles. The number of carbonyl (C=O) groups excluding carboxylic acids is 2. The topological polar surface area (TPSA) is 77.5 Å². The van der Waals surface area contributed by atoms with Crippen LogP contribution in [0.25, 0.3) is 22.2 Å². The van der Waals surface area contributed by atoms with E-state index in [1.807, 2.05) is 36.4 Å². The molecule has 0 aliphatic carbocycles. The van der Waals surface area contributed by atoms with Crippen molar-refractivity contribution in [2.45, 2.75) is 6.92 Å². The Hall–Kier alpha value is -4.19. The second-order valence-corrected chi connectivity index (χ2v) is 7.23. The first kappa shape index (κ1) is 21.1. The molecule has 0 aliphatic rings. The number of nitrogens with one attached hydrogen (secondary N) is 1. The highest BCUT2D eigenvalue weighted by Gasteiger charge is 2.16. The molecule has 6 heteroatoms. The lowest BCUT2D eigenvalue weighted by Gasteiger charge is -2.13. The summed E-state index contributed by atoms with van der Waals surface area (Å²) in [4.78, 5) is 29.7. The Labute approximate surface area is 185 Å². The predicted molar refractivity (Wildman–Crippen MR) is 125 cm³/mol. The molecule has 1 aromatic heterocycles. The van der Waals surface area contributed by atoms with Gasteiger partial charge in [0.2, 0.25) is 0 Å². The first-order valence-electron chi connectivity index (χ1n) is 10.0. The molecule has 0 saturated heterocycles. The summed E-state index contributed by atoms with van der Waals surface area (Å²) < 4.78 is 10.7. The van der Waals surface area contributed by atoms with Crippen LogP contribution in [0.15, 0.2) is 72.8 Å². The number of nitrogens with zero attached hydrogens (tertiary/aromatic N) is 1. The number of hydrogen-bond donors (Lipinski definition) is 1. The summed E-state index contributed by atoms with van der Waals surface area (Å²) in [5, 5.41) is 3.63. The van der Waals surface area contributed by atoms with Gasteiger partial charge in [0.15, 0.2) is 17.3 Å². The maximum Gasteiger partial charge on any atom is 0.256 e. The van der Waals surface area contributed by atoms with Gasteiger partial charge in [-0.25, -0.2) is 4.98 Å². The van der Waals surface area contributed by atoms with Crippen LogP contribution in [0.1, 0.15) is 27.6 Å². The number of pyridine rings is 1. The molecular weight excluding hydrogens is 404 g/mol. The van der Waals surface area contributed by atoms with Gasteiger partial charge in [0.25, 0.3) is 5.91 Å². The van der Waals surface area contributed by atoms with Crippen LogP contribution in [0.2, 0.25) is 0 Å². The molecule has 4 rings (SSSR count). The SMILES string of the molecule is COc1ccc(-c2cc(C(=O)Nc3cccc(C(C)=O)c3)c3ccccc3n2)cc1OC. The molecular formula is C26H22N2O4. The van der Waals surface area contributed by atoms with E-state index < -0.39 is 0 Å². The summed E-state index contributed by atoms with van der Waals surface area (Å²) in [5.41, 5.74) is 3.69. The van der Waals surface area contributed by atoms with Gasteiger partial charge >= 0.3 is 0 Å². The average Bonchev–Trinajstić information content (AvgIpc) is 2.82. The second-order valence-electron chi connectivity index (χ2n) is 7.23. The zero-order valence-electron chi connectivity index (χ0n) is 18.0. The van der Waals surface area contributed by atoms with Crippen molar-refractivity contribution in [1.82, 2.24) is 4.98 Å².